The zero-order valence-corrected chi connectivity index (χ0v) is 12.4. The molecule has 108 valence electrons. The molecular weight excluding hydrogens is 276 g/mol. The van der Waals surface area contributed by atoms with Crippen molar-refractivity contribution in [2.75, 3.05) is 0 Å². The summed E-state index contributed by atoms with van der Waals surface area (Å²) in [4.78, 5) is 27.6. The van der Waals surface area contributed by atoms with E-state index in [1.165, 1.54) is 23.8 Å². The second-order valence-corrected chi connectivity index (χ2v) is 7.53. The molecule has 0 spiro atoms. The van der Waals surface area contributed by atoms with E-state index < -0.39 is 0 Å². The van der Waals surface area contributed by atoms with E-state index in [0.717, 1.165) is 19.3 Å². The van der Waals surface area contributed by atoms with Crippen LogP contribution in [-0.2, 0) is 5.54 Å². The Kier molecular flexibility index (Phi) is 2.54. The molecule has 4 aliphatic rings. The second kappa shape index (κ2) is 4.00. The molecule has 5 heteroatoms. The maximum atomic E-state index is 12.6. The van der Waals surface area contributed by atoms with Crippen LogP contribution in [0.3, 0.4) is 0 Å². The van der Waals surface area contributed by atoms with Gasteiger partial charge in [-0.05, 0) is 63.2 Å². The van der Waals surface area contributed by atoms with E-state index in [1.54, 1.807) is 6.92 Å². The third-order valence-electron chi connectivity index (χ3n) is 5.75. The maximum absolute atomic E-state index is 12.6. The first-order valence-electron chi connectivity index (χ1n) is 7.50. The number of rotatable bonds is 1. The summed E-state index contributed by atoms with van der Waals surface area (Å²) in [5.74, 6) is 2.09. The summed E-state index contributed by atoms with van der Waals surface area (Å²) in [5.41, 5.74) is -0.301. The van der Waals surface area contributed by atoms with Crippen molar-refractivity contribution in [2.45, 2.75) is 51.0 Å². The average Bonchev–Trinajstić information content (AvgIpc) is 2.34. The molecule has 0 aliphatic heterocycles. The Bertz CT molecular complexity index is 653. The molecule has 1 aromatic rings. The molecule has 0 atom stereocenters. The van der Waals surface area contributed by atoms with Crippen LogP contribution in [-0.4, -0.2) is 9.55 Å². The number of hydrogen-bond acceptors (Lipinski definition) is 2. The standard InChI is InChI=1S/C15H19ClN2O2/c1-8-12(16)17-14(20)18(13(8)19)15-5-9-2-10(6-15)4-11(3-9)7-15/h9-11H,2-7H2,1H3,(H,17,20). The highest BCUT2D eigenvalue weighted by atomic mass is 35.5. The van der Waals surface area contributed by atoms with Crippen molar-refractivity contribution in [1.29, 1.82) is 0 Å². The number of halogens is 1. The lowest BCUT2D eigenvalue weighted by Crippen LogP contribution is -2.59. The van der Waals surface area contributed by atoms with E-state index in [1.807, 2.05) is 0 Å². The monoisotopic (exact) mass is 294 g/mol. The van der Waals surface area contributed by atoms with Gasteiger partial charge in [0.05, 0.1) is 5.54 Å². The van der Waals surface area contributed by atoms with E-state index in [0.29, 0.717) is 23.3 Å². The summed E-state index contributed by atoms with van der Waals surface area (Å²) in [6, 6.07) is 0. The van der Waals surface area contributed by atoms with Gasteiger partial charge in [-0.2, -0.15) is 0 Å². The maximum Gasteiger partial charge on any atom is 0.330 e. The molecule has 4 bridgehead atoms. The van der Waals surface area contributed by atoms with Crippen molar-refractivity contribution in [3.05, 3.63) is 31.6 Å². The Morgan fingerprint density at radius 3 is 2.10 bits per heavy atom. The molecule has 4 nitrogen and oxygen atoms in total. The highest BCUT2D eigenvalue weighted by Gasteiger charge is 2.53. The second-order valence-electron chi connectivity index (χ2n) is 7.15. The fourth-order valence-corrected chi connectivity index (χ4v) is 5.53. The Morgan fingerprint density at radius 1 is 1.10 bits per heavy atom. The SMILES string of the molecule is Cc1c(Cl)[nH]c(=O)n(C23CC4CC(CC(C4)C2)C3)c1=O. The van der Waals surface area contributed by atoms with Gasteiger partial charge in [-0.25, -0.2) is 4.79 Å². The molecule has 0 unspecified atom stereocenters. The fourth-order valence-electron chi connectivity index (χ4n) is 5.37. The van der Waals surface area contributed by atoms with Gasteiger partial charge in [-0.1, -0.05) is 11.6 Å². The van der Waals surface area contributed by atoms with Gasteiger partial charge in [0.15, 0.2) is 0 Å². The van der Waals surface area contributed by atoms with Crippen LogP contribution in [0.15, 0.2) is 9.59 Å². The van der Waals surface area contributed by atoms with Crippen molar-refractivity contribution >= 4 is 11.6 Å². The summed E-state index contributed by atoms with van der Waals surface area (Å²) in [7, 11) is 0. The molecule has 1 N–H and O–H groups in total. The van der Waals surface area contributed by atoms with Gasteiger partial charge < -0.3 is 0 Å². The van der Waals surface area contributed by atoms with Gasteiger partial charge in [0.1, 0.15) is 5.15 Å². The van der Waals surface area contributed by atoms with Crippen LogP contribution in [0.25, 0.3) is 0 Å². The molecule has 4 aliphatic carbocycles. The summed E-state index contributed by atoms with van der Waals surface area (Å²) in [5, 5.41) is 0.181. The van der Waals surface area contributed by atoms with Crippen LogP contribution >= 0.6 is 11.6 Å². The molecular formula is C15H19ClN2O2. The van der Waals surface area contributed by atoms with E-state index in [2.05, 4.69) is 4.98 Å². The summed E-state index contributed by atoms with van der Waals surface area (Å²) < 4.78 is 1.51. The number of nitrogens with zero attached hydrogens (tertiary/aromatic N) is 1. The predicted molar refractivity (Wildman–Crippen MR) is 77.2 cm³/mol. The lowest BCUT2D eigenvalue weighted by Gasteiger charge is -2.56. The summed E-state index contributed by atoms with van der Waals surface area (Å²) in [6.45, 7) is 1.69. The Morgan fingerprint density at radius 2 is 1.60 bits per heavy atom. The van der Waals surface area contributed by atoms with Crippen LogP contribution in [0.4, 0.5) is 0 Å². The smallest absolute Gasteiger partial charge is 0.297 e. The number of nitrogens with one attached hydrogen (secondary N) is 1. The Balaban J connectivity index is 1.92. The summed E-state index contributed by atoms with van der Waals surface area (Å²) >= 11 is 5.93. The van der Waals surface area contributed by atoms with Gasteiger partial charge in [0, 0.05) is 5.56 Å². The normalized spacial score (nSPS) is 38.4. The predicted octanol–water partition coefficient (Wildman–Crippen LogP) is 2.42. The molecule has 1 heterocycles. The largest absolute Gasteiger partial charge is 0.330 e. The minimum atomic E-state index is -0.326. The van der Waals surface area contributed by atoms with Crippen LogP contribution in [0.1, 0.15) is 44.1 Å². The zero-order chi connectivity index (χ0) is 14.1. The van der Waals surface area contributed by atoms with E-state index >= 15 is 0 Å². The highest BCUT2D eigenvalue weighted by Crippen LogP contribution is 2.58. The molecule has 0 amide bonds. The average molecular weight is 295 g/mol. The van der Waals surface area contributed by atoms with E-state index in [9.17, 15) is 9.59 Å². The van der Waals surface area contributed by atoms with Crippen molar-refractivity contribution in [2.24, 2.45) is 17.8 Å². The van der Waals surface area contributed by atoms with Crippen LogP contribution in [0.5, 0.6) is 0 Å². The number of hydrogen-bond donors (Lipinski definition) is 1. The first-order valence-corrected chi connectivity index (χ1v) is 7.88. The Labute approximate surface area is 122 Å². The molecule has 0 saturated heterocycles. The van der Waals surface area contributed by atoms with Crippen LogP contribution < -0.4 is 11.2 Å². The topological polar surface area (TPSA) is 54.9 Å². The molecule has 0 radical (unpaired) electrons. The lowest BCUT2D eigenvalue weighted by molar-refractivity contribution is -0.0471. The first kappa shape index (κ1) is 12.7. The fraction of sp³-hybridized carbons (Fsp3) is 0.733. The quantitative estimate of drug-likeness (QED) is 0.809. The molecule has 1 aromatic heterocycles. The molecule has 5 rings (SSSR count). The minimum absolute atomic E-state index is 0.181. The molecule has 4 fully saturated rings. The van der Waals surface area contributed by atoms with Crippen molar-refractivity contribution < 1.29 is 0 Å². The van der Waals surface area contributed by atoms with Gasteiger partial charge in [0.2, 0.25) is 0 Å². The third kappa shape index (κ3) is 1.60. The number of aromatic nitrogens is 2. The first-order chi connectivity index (χ1) is 9.48. The van der Waals surface area contributed by atoms with Crippen molar-refractivity contribution in [3.8, 4) is 0 Å². The third-order valence-corrected chi connectivity index (χ3v) is 6.13. The van der Waals surface area contributed by atoms with E-state index in [4.69, 9.17) is 11.6 Å². The summed E-state index contributed by atoms with van der Waals surface area (Å²) in [6.07, 6.45) is 6.84. The molecule has 20 heavy (non-hydrogen) atoms. The van der Waals surface area contributed by atoms with Crippen LogP contribution in [0.2, 0.25) is 5.15 Å². The van der Waals surface area contributed by atoms with Gasteiger partial charge in [-0.3, -0.25) is 14.3 Å². The highest BCUT2D eigenvalue weighted by molar-refractivity contribution is 6.30. The number of H-pyrrole nitrogens is 1. The zero-order valence-electron chi connectivity index (χ0n) is 11.6. The van der Waals surface area contributed by atoms with E-state index in [-0.39, 0.29) is 21.9 Å². The van der Waals surface area contributed by atoms with Crippen LogP contribution in [0, 0.1) is 24.7 Å². The minimum Gasteiger partial charge on any atom is -0.297 e. The van der Waals surface area contributed by atoms with Crippen molar-refractivity contribution in [3.63, 3.8) is 0 Å². The lowest BCUT2D eigenvalue weighted by atomic mass is 9.53. The molecule has 0 aromatic carbocycles. The number of aromatic amines is 1. The molecule has 4 saturated carbocycles. The Hall–Kier alpha value is -1.03. The van der Waals surface area contributed by atoms with Gasteiger partial charge in [0.25, 0.3) is 5.56 Å². The van der Waals surface area contributed by atoms with Gasteiger partial charge >= 0.3 is 5.69 Å². The van der Waals surface area contributed by atoms with Gasteiger partial charge in [-0.15, -0.1) is 0 Å². The van der Waals surface area contributed by atoms with Crippen molar-refractivity contribution in [1.82, 2.24) is 9.55 Å².